The van der Waals surface area contributed by atoms with Crippen LogP contribution in [0.4, 0.5) is 0 Å². The first-order valence-corrected chi connectivity index (χ1v) is 6.33. The molecule has 0 saturated heterocycles. The SMILES string of the molecule is CN(C(=O)CNCCCCCCO)C1CC1. The van der Waals surface area contributed by atoms with Crippen LogP contribution in [0.5, 0.6) is 0 Å². The normalized spacial score (nSPS) is 15.1. The fraction of sp³-hybridized carbons (Fsp3) is 0.917. The Balaban J connectivity index is 1.88. The van der Waals surface area contributed by atoms with Crippen LogP contribution in [0.15, 0.2) is 0 Å². The molecule has 1 saturated carbocycles. The maximum Gasteiger partial charge on any atom is 0.236 e. The summed E-state index contributed by atoms with van der Waals surface area (Å²) in [5, 5.41) is 11.8. The smallest absolute Gasteiger partial charge is 0.236 e. The predicted molar refractivity (Wildman–Crippen MR) is 64.2 cm³/mol. The largest absolute Gasteiger partial charge is 0.396 e. The van der Waals surface area contributed by atoms with E-state index in [1.54, 1.807) is 0 Å². The number of nitrogens with one attached hydrogen (secondary N) is 1. The summed E-state index contributed by atoms with van der Waals surface area (Å²) in [7, 11) is 1.89. The van der Waals surface area contributed by atoms with E-state index in [-0.39, 0.29) is 12.5 Å². The number of unbranched alkanes of at least 4 members (excludes halogenated alkanes) is 3. The number of rotatable bonds is 9. The van der Waals surface area contributed by atoms with Crippen molar-refractivity contribution in [3.05, 3.63) is 0 Å². The Kier molecular flexibility index (Phi) is 6.42. The molecule has 1 aliphatic carbocycles. The minimum Gasteiger partial charge on any atom is -0.396 e. The third kappa shape index (κ3) is 5.47. The summed E-state index contributed by atoms with van der Waals surface area (Å²) >= 11 is 0. The van der Waals surface area contributed by atoms with E-state index >= 15 is 0 Å². The number of carbonyl (C=O) groups is 1. The minimum atomic E-state index is 0.206. The van der Waals surface area contributed by atoms with Crippen molar-refractivity contribution in [3.8, 4) is 0 Å². The topological polar surface area (TPSA) is 52.6 Å². The van der Waals surface area contributed by atoms with E-state index in [0.29, 0.717) is 12.6 Å². The molecule has 1 aliphatic rings. The summed E-state index contributed by atoms with van der Waals surface area (Å²) in [6.07, 6.45) is 6.52. The minimum absolute atomic E-state index is 0.206. The van der Waals surface area contributed by atoms with Gasteiger partial charge in [0.15, 0.2) is 0 Å². The van der Waals surface area contributed by atoms with Crippen LogP contribution in [-0.4, -0.2) is 48.7 Å². The van der Waals surface area contributed by atoms with E-state index in [1.165, 1.54) is 12.8 Å². The van der Waals surface area contributed by atoms with Gasteiger partial charge in [0.25, 0.3) is 0 Å². The van der Waals surface area contributed by atoms with Crippen molar-refractivity contribution in [2.24, 2.45) is 0 Å². The first-order chi connectivity index (χ1) is 7.75. The third-order valence-electron chi connectivity index (χ3n) is 3.03. The Labute approximate surface area is 98.0 Å². The second kappa shape index (κ2) is 7.63. The summed E-state index contributed by atoms with van der Waals surface area (Å²) < 4.78 is 0. The van der Waals surface area contributed by atoms with Gasteiger partial charge in [0.05, 0.1) is 6.54 Å². The highest BCUT2D eigenvalue weighted by Crippen LogP contribution is 2.24. The van der Waals surface area contributed by atoms with Crippen LogP contribution in [0.2, 0.25) is 0 Å². The number of likely N-dealkylation sites (N-methyl/N-ethyl adjacent to an activating group) is 1. The van der Waals surface area contributed by atoms with Crippen molar-refractivity contribution < 1.29 is 9.90 Å². The van der Waals surface area contributed by atoms with E-state index in [4.69, 9.17) is 5.11 Å². The standard InChI is InChI=1S/C12H24N2O2/c1-14(11-6-7-11)12(16)10-13-8-4-2-3-5-9-15/h11,13,15H,2-10H2,1H3. The number of hydrogen-bond acceptors (Lipinski definition) is 3. The highest BCUT2D eigenvalue weighted by atomic mass is 16.2. The average molecular weight is 228 g/mol. The fourth-order valence-electron chi connectivity index (χ4n) is 1.70. The van der Waals surface area contributed by atoms with Crippen LogP contribution < -0.4 is 5.32 Å². The van der Waals surface area contributed by atoms with E-state index < -0.39 is 0 Å². The van der Waals surface area contributed by atoms with Crippen LogP contribution in [0.25, 0.3) is 0 Å². The van der Waals surface area contributed by atoms with Crippen molar-refractivity contribution in [2.75, 3.05) is 26.7 Å². The molecule has 0 aromatic rings. The van der Waals surface area contributed by atoms with Gasteiger partial charge in [-0.2, -0.15) is 0 Å². The van der Waals surface area contributed by atoms with E-state index in [0.717, 1.165) is 32.2 Å². The van der Waals surface area contributed by atoms with Gasteiger partial charge in [0.2, 0.25) is 5.91 Å². The summed E-state index contributed by atoms with van der Waals surface area (Å²) in [6, 6.07) is 0.513. The molecule has 4 heteroatoms. The van der Waals surface area contributed by atoms with Crippen LogP contribution in [0.1, 0.15) is 38.5 Å². The van der Waals surface area contributed by atoms with Gasteiger partial charge >= 0.3 is 0 Å². The maximum absolute atomic E-state index is 11.6. The second-order valence-corrected chi connectivity index (χ2v) is 4.55. The van der Waals surface area contributed by atoms with Crippen molar-refractivity contribution in [1.29, 1.82) is 0 Å². The van der Waals surface area contributed by atoms with Crippen LogP contribution in [0.3, 0.4) is 0 Å². The molecular weight excluding hydrogens is 204 g/mol. The summed E-state index contributed by atoms with van der Waals surface area (Å²) in [4.78, 5) is 13.4. The van der Waals surface area contributed by atoms with Gasteiger partial charge in [-0.05, 0) is 32.2 Å². The van der Waals surface area contributed by atoms with Crippen molar-refractivity contribution >= 4 is 5.91 Å². The summed E-state index contributed by atoms with van der Waals surface area (Å²) in [6.45, 7) is 1.65. The lowest BCUT2D eigenvalue weighted by atomic mass is 10.2. The molecule has 94 valence electrons. The molecule has 1 fully saturated rings. The van der Waals surface area contributed by atoms with Gasteiger partial charge in [0, 0.05) is 19.7 Å². The van der Waals surface area contributed by atoms with Gasteiger partial charge in [0.1, 0.15) is 0 Å². The molecule has 0 unspecified atom stereocenters. The van der Waals surface area contributed by atoms with Crippen LogP contribution in [-0.2, 0) is 4.79 Å². The van der Waals surface area contributed by atoms with E-state index in [2.05, 4.69) is 5.32 Å². The zero-order valence-corrected chi connectivity index (χ0v) is 10.2. The molecule has 0 aromatic heterocycles. The summed E-state index contributed by atoms with van der Waals surface area (Å²) in [5.74, 6) is 0.206. The Morgan fingerprint density at radius 2 is 2.00 bits per heavy atom. The highest BCUT2D eigenvalue weighted by Gasteiger charge is 2.28. The van der Waals surface area contributed by atoms with Crippen LogP contribution in [0, 0.1) is 0 Å². The number of aliphatic hydroxyl groups excluding tert-OH is 1. The highest BCUT2D eigenvalue weighted by molar-refractivity contribution is 5.78. The average Bonchev–Trinajstić information content (AvgIpc) is 3.10. The fourth-order valence-corrected chi connectivity index (χ4v) is 1.70. The first-order valence-electron chi connectivity index (χ1n) is 6.33. The second-order valence-electron chi connectivity index (χ2n) is 4.55. The molecular formula is C12H24N2O2. The Morgan fingerprint density at radius 3 is 2.62 bits per heavy atom. The first kappa shape index (κ1) is 13.5. The van der Waals surface area contributed by atoms with E-state index in [1.807, 2.05) is 11.9 Å². The molecule has 4 nitrogen and oxygen atoms in total. The van der Waals surface area contributed by atoms with Crippen molar-refractivity contribution in [2.45, 2.75) is 44.6 Å². The number of nitrogens with zero attached hydrogens (tertiary/aromatic N) is 1. The number of carbonyl (C=O) groups excluding carboxylic acids is 1. The Bertz CT molecular complexity index is 205. The zero-order chi connectivity index (χ0) is 11.8. The third-order valence-corrected chi connectivity index (χ3v) is 3.03. The molecule has 0 aromatic carbocycles. The van der Waals surface area contributed by atoms with Crippen molar-refractivity contribution in [3.63, 3.8) is 0 Å². The molecule has 1 rings (SSSR count). The molecule has 16 heavy (non-hydrogen) atoms. The lowest BCUT2D eigenvalue weighted by Gasteiger charge is -2.16. The predicted octanol–water partition coefficient (Wildman–Crippen LogP) is 0.749. The quantitative estimate of drug-likeness (QED) is 0.573. The molecule has 1 amide bonds. The van der Waals surface area contributed by atoms with Gasteiger partial charge in [-0.25, -0.2) is 0 Å². The molecule has 0 spiro atoms. The van der Waals surface area contributed by atoms with Gasteiger partial charge < -0.3 is 15.3 Å². The number of amides is 1. The molecule has 0 aliphatic heterocycles. The molecule has 0 radical (unpaired) electrons. The molecule has 0 atom stereocenters. The zero-order valence-electron chi connectivity index (χ0n) is 10.2. The van der Waals surface area contributed by atoms with E-state index in [9.17, 15) is 4.79 Å². The van der Waals surface area contributed by atoms with Gasteiger partial charge in [-0.15, -0.1) is 0 Å². The lowest BCUT2D eigenvalue weighted by Crippen LogP contribution is -2.37. The van der Waals surface area contributed by atoms with Gasteiger partial charge in [-0.3, -0.25) is 4.79 Å². The number of aliphatic hydroxyl groups is 1. The van der Waals surface area contributed by atoms with Crippen LogP contribution >= 0.6 is 0 Å². The lowest BCUT2D eigenvalue weighted by molar-refractivity contribution is -0.129. The number of hydrogen-bond donors (Lipinski definition) is 2. The molecule has 2 N–H and O–H groups in total. The van der Waals surface area contributed by atoms with Crippen molar-refractivity contribution in [1.82, 2.24) is 10.2 Å². The molecule has 0 heterocycles. The Morgan fingerprint density at radius 1 is 1.31 bits per heavy atom. The maximum atomic E-state index is 11.6. The monoisotopic (exact) mass is 228 g/mol. The van der Waals surface area contributed by atoms with Gasteiger partial charge in [-0.1, -0.05) is 12.8 Å². The Hall–Kier alpha value is -0.610. The summed E-state index contributed by atoms with van der Waals surface area (Å²) in [5.41, 5.74) is 0. The molecule has 0 bridgehead atoms.